The number of para-hydroxylation sites is 1. The van der Waals surface area contributed by atoms with Gasteiger partial charge >= 0.3 is 0 Å². The maximum absolute atomic E-state index is 12.6. The molecule has 0 saturated carbocycles. The van der Waals surface area contributed by atoms with Gasteiger partial charge in [-0.1, -0.05) is 59.7 Å². The molecule has 4 heteroatoms. The fraction of sp³-hybridized carbons (Fsp3) is 0.167. The predicted octanol–water partition coefficient (Wildman–Crippen LogP) is 4.53. The summed E-state index contributed by atoms with van der Waals surface area (Å²) in [6.45, 7) is 4.44. The van der Waals surface area contributed by atoms with E-state index in [1.54, 1.807) is 24.3 Å². The van der Waals surface area contributed by atoms with Crippen molar-refractivity contribution >= 4 is 17.5 Å². The van der Waals surface area contributed by atoms with Crippen LogP contribution in [0.25, 0.3) is 0 Å². The largest absolute Gasteiger partial charge is 0.352 e. The van der Waals surface area contributed by atoms with Gasteiger partial charge in [0.05, 0.1) is 11.3 Å². The SMILES string of the molecule is Cc1cc(C)cc(C(=O)Nc2ccccc2C(=O)NCCc2ccccc2)c1. The molecule has 28 heavy (non-hydrogen) atoms. The number of carbonyl (C=O) groups is 2. The molecular formula is C24H24N2O2. The molecule has 0 aliphatic rings. The Balaban J connectivity index is 1.68. The Hall–Kier alpha value is -3.40. The van der Waals surface area contributed by atoms with Crippen molar-refractivity contribution in [2.45, 2.75) is 20.3 Å². The van der Waals surface area contributed by atoms with Crippen molar-refractivity contribution in [3.63, 3.8) is 0 Å². The number of rotatable bonds is 6. The van der Waals surface area contributed by atoms with Gasteiger partial charge in [0.25, 0.3) is 11.8 Å². The van der Waals surface area contributed by atoms with Crippen molar-refractivity contribution < 1.29 is 9.59 Å². The van der Waals surface area contributed by atoms with E-state index in [-0.39, 0.29) is 11.8 Å². The third-order valence-electron chi connectivity index (χ3n) is 4.45. The van der Waals surface area contributed by atoms with Gasteiger partial charge in [-0.05, 0) is 50.1 Å². The van der Waals surface area contributed by atoms with Crippen LogP contribution in [-0.2, 0) is 6.42 Å². The normalized spacial score (nSPS) is 10.4. The van der Waals surface area contributed by atoms with Gasteiger partial charge in [0.1, 0.15) is 0 Å². The molecule has 0 aliphatic carbocycles. The zero-order valence-electron chi connectivity index (χ0n) is 16.2. The first kappa shape index (κ1) is 19.4. The summed E-state index contributed by atoms with van der Waals surface area (Å²) in [5.41, 5.74) is 4.75. The van der Waals surface area contributed by atoms with E-state index in [0.717, 1.165) is 17.5 Å². The lowest BCUT2D eigenvalue weighted by atomic mass is 10.1. The summed E-state index contributed by atoms with van der Waals surface area (Å²) >= 11 is 0. The molecule has 0 aromatic heterocycles. The lowest BCUT2D eigenvalue weighted by Crippen LogP contribution is -2.27. The van der Waals surface area contributed by atoms with Crippen LogP contribution in [0.2, 0.25) is 0 Å². The van der Waals surface area contributed by atoms with E-state index in [1.165, 1.54) is 5.56 Å². The van der Waals surface area contributed by atoms with Crippen LogP contribution in [0, 0.1) is 13.8 Å². The molecule has 3 aromatic carbocycles. The smallest absolute Gasteiger partial charge is 0.255 e. The van der Waals surface area contributed by atoms with Crippen LogP contribution in [0.15, 0.2) is 72.8 Å². The van der Waals surface area contributed by atoms with E-state index in [2.05, 4.69) is 10.6 Å². The molecule has 0 spiro atoms. The number of aryl methyl sites for hydroxylation is 2. The fourth-order valence-electron chi connectivity index (χ4n) is 3.15. The van der Waals surface area contributed by atoms with Crippen LogP contribution >= 0.6 is 0 Å². The Morgan fingerprint density at radius 1 is 0.786 bits per heavy atom. The molecular weight excluding hydrogens is 348 g/mol. The Morgan fingerprint density at radius 2 is 1.43 bits per heavy atom. The van der Waals surface area contributed by atoms with Gasteiger partial charge in [0.2, 0.25) is 0 Å². The van der Waals surface area contributed by atoms with E-state index in [1.807, 2.05) is 62.4 Å². The van der Waals surface area contributed by atoms with Crippen molar-refractivity contribution in [2.24, 2.45) is 0 Å². The molecule has 3 aromatic rings. The van der Waals surface area contributed by atoms with Gasteiger partial charge < -0.3 is 10.6 Å². The summed E-state index contributed by atoms with van der Waals surface area (Å²) < 4.78 is 0. The first-order chi connectivity index (χ1) is 13.5. The highest BCUT2D eigenvalue weighted by atomic mass is 16.2. The quantitative estimate of drug-likeness (QED) is 0.668. The lowest BCUT2D eigenvalue weighted by Gasteiger charge is -2.12. The zero-order chi connectivity index (χ0) is 19.9. The van der Waals surface area contributed by atoms with Crippen LogP contribution in [0.1, 0.15) is 37.4 Å². The molecule has 2 N–H and O–H groups in total. The minimum atomic E-state index is -0.226. The van der Waals surface area contributed by atoms with Crippen molar-refractivity contribution in [2.75, 3.05) is 11.9 Å². The second kappa shape index (κ2) is 9.00. The number of benzene rings is 3. The zero-order valence-corrected chi connectivity index (χ0v) is 16.2. The third kappa shape index (κ3) is 5.07. The van der Waals surface area contributed by atoms with Gasteiger partial charge in [-0.3, -0.25) is 9.59 Å². The highest BCUT2D eigenvalue weighted by Crippen LogP contribution is 2.17. The van der Waals surface area contributed by atoms with Gasteiger partial charge in [0.15, 0.2) is 0 Å². The molecule has 0 saturated heterocycles. The summed E-state index contributed by atoms with van der Waals surface area (Å²) in [5, 5.41) is 5.80. The predicted molar refractivity (Wildman–Crippen MR) is 113 cm³/mol. The van der Waals surface area contributed by atoms with E-state index in [9.17, 15) is 9.59 Å². The van der Waals surface area contributed by atoms with E-state index in [0.29, 0.717) is 23.4 Å². The van der Waals surface area contributed by atoms with Crippen molar-refractivity contribution in [1.29, 1.82) is 0 Å². The molecule has 0 bridgehead atoms. The molecule has 2 amide bonds. The Kier molecular flexibility index (Phi) is 6.22. The van der Waals surface area contributed by atoms with Gasteiger partial charge in [-0.15, -0.1) is 0 Å². The van der Waals surface area contributed by atoms with Crippen molar-refractivity contribution in [3.8, 4) is 0 Å². The second-order valence-electron chi connectivity index (χ2n) is 6.87. The summed E-state index contributed by atoms with van der Waals surface area (Å²) in [5.74, 6) is -0.427. The maximum atomic E-state index is 12.6. The second-order valence-corrected chi connectivity index (χ2v) is 6.87. The summed E-state index contributed by atoms with van der Waals surface area (Å²) in [6, 6.07) is 22.7. The Morgan fingerprint density at radius 3 is 2.14 bits per heavy atom. The lowest BCUT2D eigenvalue weighted by molar-refractivity contribution is 0.0955. The van der Waals surface area contributed by atoms with Crippen molar-refractivity contribution in [3.05, 3.63) is 101 Å². The average molecular weight is 372 g/mol. The Labute approximate surface area is 165 Å². The van der Waals surface area contributed by atoms with Crippen LogP contribution in [-0.4, -0.2) is 18.4 Å². The molecule has 3 rings (SSSR count). The fourth-order valence-corrected chi connectivity index (χ4v) is 3.15. The number of anilines is 1. The van der Waals surface area contributed by atoms with Crippen LogP contribution < -0.4 is 10.6 Å². The van der Waals surface area contributed by atoms with E-state index >= 15 is 0 Å². The standard InChI is InChI=1S/C24H24N2O2/c1-17-14-18(2)16-20(15-17)23(27)26-22-11-7-6-10-21(22)24(28)25-13-12-19-8-4-3-5-9-19/h3-11,14-16H,12-13H2,1-2H3,(H,25,28)(H,26,27). The van der Waals surface area contributed by atoms with Gasteiger partial charge in [-0.25, -0.2) is 0 Å². The maximum Gasteiger partial charge on any atom is 0.255 e. The number of hydrogen-bond acceptors (Lipinski definition) is 2. The molecule has 0 heterocycles. The van der Waals surface area contributed by atoms with Gasteiger partial charge in [0, 0.05) is 12.1 Å². The monoisotopic (exact) mass is 372 g/mol. The molecule has 0 fully saturated rings. The highest BCUT2D eigenvalue weighted by molar-refractivity contribution is 6.09. The number of hydrogen-bond donors (Lipinski definition) is 2. The Bertz CT molecular complexity index is 961. The summed E-state index contributed by atoms with van der Waals surface area (Å²) in [7, 11) is 0. The first-order valence-corrected chi connectivity index (χ1v) is 9.34. The van der Waals surface area contributed by atoms with Crippen LogP contribution in [0.3, 0.4) is 0 Å². The highest BCUT2D eigenvalue weighted by Gasteiger charge is 2.14. The van der Waals surface area contributed by atoms with Crippen LogP contribution in [0.4, 0.5) is 5.69 Å². The van der Waals surface area contributed by atoms with Crippen molar-refractivity contribution in [1.82, 2.24) is 5.32 Å². The number of amides is 2. The molecule has 4 nitrogen and oxygen atoms in total. The van der Waals surface area contributed by atoms with Gasteiger partial charge in [-0.2, -0.15) is 0 Å². The molecule has 0 aliphatic heterocycles. The van der Waals surface area contributed by atoms with E-state index in [4.69, 9.17) is 0 Å². The molecule has 0 radical (unpaired) electrons. The molecule has 142 valence electrons. The number of carbonyl (C=O) groups excluding carboxylic acids is 2. The third-order valence-corrected chi connectivity index (χ3v) is 4.45. The number of nitrogens with one attached hydrogen (secondary N) is 2. The summed E-state index contributed by atoms with van der Waals surface area (Å²) in [4.78, 5) is 25.3. The minimum absolute atomic E-state index is 0.202. The average Bonchev–Trinajstić information content (AvgIpc) is 2.68. The van der Waals surface area contributed by atoms with Crippen LogP contribution in [0.5, 0.6) is 0 Å². The summed E-state index contributed by atoms with van der Waals surface area (Å²) in [6.07, 6.45) is 0.754. The van der Waals surface area contributed by atoms with E-state index < -0.39 is 0 Å². The molecule has 0 atom stereocenters. The molecule has 0 unspecified atom stereocenters. The minimum Gasteiger partial charge on any atom is -0.352 e. The topological polar surface area (TPSA) is 58.2 Å². The first-order valence-electron chi connectivity index (χ1n) is 9.34.